The molecule has 1 unspecified atom stereocenters. The number of carbonyl (C=O) groups is 4. The third kappa shape index (κ3) is 5.11. The van der Waals surface area contributed by atoms with Gasteiger partial charge in [0.05, 0.1) is 10.9 Å². The average Bonchev–Trinajstić information content (AvgIpc) is 2.93. The number of benzene rings is 2. The van der Waals surface area contributed by atoms with E-state index in [0.717, 1.165) is 17.7 Å². The molecule has 8 heteroatoms. The molecule has 0 aliphatic carbocycles. The zero-order valence-electron chi connectivity index (χ0n) is 15.5. The zero-order chi connectivity index (χ0) is 21.0. The second-order valence-corrected chi connectivity index (χ2v) is 7.68. The van der Waals surface area contributed by atoms with Crippen LogP contribution >= 0.6 is 11.8 Å². The largest absolute Gasteiger partial charge is 0.478 e. The zero-order valence-corrected chi connectivity index (χ0v) is 16.3. The van der Waals surface area contributed by atoms with Crippen molar-refractivity contribution < 1.29 is 24.3 Å². The molecule has 1 atom stereocenters. The van der Waals surface area contributed by atoms with Crippen molar-refractivity contribution in [2.24, 2.45) is 0 Å². The summed E-state index contributed by atoms with van der Waals surface area (Å²) in [5, 5.41) is 10.6. The summed E-state index contributed by atoms with van der Waals surface area (Å²) >= 11 is 1.25. The van der Waals surface area contributed by atoms with Crippen molar-refractivity contribution >= 4 is 46.8 Å². The molecule has 2 N–H and O–H groups in total. The number of imide groups is 1. The number of carboxylic acids is 1. The first kappa shape index (κ1) is 20.3. The van der Waals surface area contributed by atoms with Gasteiger partial charge in [0.15, 0.2) is 0 Å². The van der Waals surface area contributed by atoms with Gasteiger partial charge in [-0.25, -0.2) is 9.69 Å². The third-order valence-corrected chi connectivity index (χ3v) is 5.30. The number of aryl methyl sites for hydroxylation is 1. The van der Waals surface area contributed by atoms with E-state index in [2.05, 4.69) is 5.32 Å². The Bertz CT molecular complexity index is 1020. The molecule has 7 nitrogen and oxygen atoms in total. The van der Waals surface area contributed by atoms with Gasteiger partial charge in [-0.05, 0) is 42.8 Å². The molecule has 2 aromatic rings. The minimum atomic E-state index is -1.22. The highest BCUT2D eigenvalue weighted by atomic mass is 32.2. The minimum Gasteiger partial charge on any atom is -0.478 e. The van der Waals surface area contributed by atoms with Crippen LogP contribution in [-0.2, 0) is 19.2 Å². The van der Waals surface area contributed by atoms with Crippen LogP contribution in [0.2, 0.25) is 0 Å². The smallest absolute Gasteiger partial charge is 0.328 e. The summed E-state index contributed by atoms with van der Waals surface area (Å²) in [5.74, 6) is -2.31. The van der Waals surface area contributed by atoms with Gasteiger partial charge in [-0.2, -0.15) is 0 Å². The van der Waals surface area contributed by atoms with Crippen molar-refractivity contribution in [3.63, 3.8) is 0 Å². The number of thioether (sulfide) groups is 1. The Morgan fingerprint density at radius 1 is 1.14 bits per heavy atom. The summed E-state index contributed by atoms with van der Waals surface area (Å²) in [4.78, 5) is 49.3. The molecule has 0 radical (unpaired) electrons. The van der Waals surface area contributed by atoms with Gasteiger partial charge in [0, 0.05) is 29.2 Å². The number of aliphatic carboxylic acids is 1. The number of hydrogen-bond acceptors (Lipinski definition) is 5. The number of rotatable bonds is 6. The predicted molar refractivity (Wildman–Crippen MR) is 110 cm³/mol. The van der Waals surface area contributed by atoms with Crippen molar-refractivity contribution in [3.05, 3.63) is 66.2 Å². The SMILES string of the molecule is Cc1cccc(N2C(=O)CC(Sc3cccc(NC(=O)/C=C/C(=O)O)c3)C2=O)c1. The van der Waals surface area contributed by atoms with E-state index in [1.807, 2.05) is 13.0 Å². The van der Waals surface area contributed by atoms with E-state index < -0.39 is 17.1 Å². The third-order valence-electron chi connectivity index (χ3n) is 4.12. The van der Waals surface area contributed by atoms with Gasteiger partial charge in [0.2, 0.25) is 17.7 Å². The van der Waals surface area contributed by atoms with Crippen molar-refractivity contribution in [2.75, 3.05) is 10.2 Å². The van der Waals surface area contributed by atoms with E-state index in [1.165, 1.54) is 16.7 Å². The van der Waals surface area contributed by atoms with E-state index in [4.69, 9.17) is 5.11 Å². The Morgan fingerprint density at radius 2 is 1.90 bits per heavy atom. The molecular weight excluding hydrogens is 392 g/mol. The standard InChI is InChI=1S/C21H18N2O5S/c1-13-4-2-6-15(10-13)23-19(25)12-17(21(23)28)29-16-7-3-5-14(11-16)22-18(24)8-9-20(26)27/h2-11,17H,12H2,1H3,(H,22,24)(H,26,27)/b9-8+. The number of carboxylic acid groups (broad SMARTS) is 1. The lowest BCUT2D eigenvalue weighted by molar-refractivity contribution is -0.131. The van der Waals surface area contributed by atoms with Gasteiger partial charge < -0.3 is 10.4 Å². The number of nitrogens with one attached hydrogen (secondary N) is 1. The number of anilines is 2. The van der Waals surface area contributed by atoms with Crippen LogP contribution in [0.25, 0.3) is 0 Å². The Kier molecular flexibility index (Phi) is 6.13. The molecule has 3 amide bonds. The maximum Gasteiger partial charge on any atom is 0.328 e. The van der Waals surface area contributed by atoms with E-state index in [-0.39, 0.29) is 18.2 Å². The minimum absolute atomic E-state index is 0.0926. The maximum absolute atomic E-state index is 12.8. The van der Waals surface area contributed by atoms with Crippen molar-refractivity contribution in [1.29, 1.82) is 0 Å². The molecule has 1 aliphatic rings. The predicted octanol–water partition coefficient (Wildman–Crippen LogP) is 3.00. The quantitative estimate of drug-likeness (QED) is 0.560. The van der Waals surface area contributed by atoms with E-state index in [0.29, 0.717) is 16.3 Å². The monoisotopic (exact) mass is 410 g/mol. The fourth-order valence-corrected chi connectivity index (χ4v) is 3.99. The average molecular weight is 410 g/mol. The Balaban J connectivity index is 1.70. The molecule has 1 heterocycles. The van der Waals surface area contributed by atoms with Gasteiger partial charge in [-0.15, -0.1) is 11.8 Å². The van der Waals surface area contributed by atoms with E-state index >= 15 is 0 Å². The van der Waals surface area contributed by atoms with Crippen LogP contribution in [0.1, 0.15) is 12.0 Å². The molecule has 2 aromatic carbocycles. The van der Waals surface area contributed by atoms with E-state index in [9.17, 15) is 19.2 Å². The van der Waals surface area contributed by atoms with Crippen molar-refractivity contribution in [3.8, 4) is 0 Å². The molecule has 3 rings (SSSR count). The molecular formula is C21H18N2O5S. The summed E-state index contributed by atoms with van der Waals surface area (Å²) in [6, 6.07) is 14.0. The lowest BCUT2D eigenvalue weighted by Gasteiger charge is -2.15. The first-order valence-electron chi connectivity index (χ1n) is 8.75. The van der Waals surface area contributed by atoms with Crippen molar-refractivity contribution in [1.82, 2.24) is 0 Å². The highest BCUT2D eigenvalue weighted by Crippen LogP contribution is 2.35. The van der Waals surface area contributed by atoms with Crippen molar-refractivity contribution in [2.45, 2.75) is 23.5 Å². The molecule has 148 valence electrons. The first-order valence-corrected chi connectivity index (χ1v) is 9.63. The Morgan fingerprint density at radius 3 is 2.62 bits per heavy atom. The lowest BCUT2D eigenvalue weighted by atomic mass is 10.2. The van der Waals surface area contributed by atoms with Crippen LogP contribution in [0.3, 0.4) is 0 Å². The van der Waals surface area contributed by atoms with Gasteiger partial charge in [0.25, 0.3) is 0 Å². The molecule has 0 aromatic heterocycles. The number of carbonyl (C=O) groups excluding carboxylic acids is 3. The van der Waals surface area contributed by atoms with E-state index in [1.54, 1.807) is 42.5 Å². The Labute approximate surface area is 171 Å². The van der Waals surface area contributed by atoms with Gasteiger partial charge >= 0.3 is 5.97 Å². The topological polar surface area (TPSA) is 104 Å². The molecule has 0 spiro atoms. The molecule has 1 aliphatic heterocycles. The maximum atomic E-state index is 12.8. The number of amides is 3. The van der Waals surface area contributed by atoms with Crippen LogP contribution in [-0.4, -0.2) is 34.0 Å². The summed E-state index contributed by atoms with van der Waals surface area (Å²) in [7, 11) is 0. The second-order valence-electron chi connectivity index (χ2n) is 6.41. The molecule has 1 fully saturated rings. The van der Waals surface area contributed by atoms with Gasteiger partial charge in [-0.3, -0.25) is 14.4 Å². The number of hydrogen-bond donors (Lipinski definition) is 2. The summed E-state index contributed by atoms with van der Waals surface area (Å²) in [6.07, 6.45) is 1.76. The fraction of sp³-hybridized carbons (Fsp3) is 0.143. The normalized spacial score (nSPS) is 16.4. The fourth-order valence-electron chi connectivity index (χ4n) is 2.88. The molecule has 29 heavy (non-hydrogen) atoms. The summed E-state index contributed by atoms with van der Waals surface area (Å²) in [6.45, 7) is 1.90. The second kappa shape index (κ2) is 8.74. The lowest BCUT2D eigenvalue weighted by Crippen LogP contribution is -2.31. The van der Waals surface area contributed by atoms with Crippen LogP contribution in [0.15, 0.2) is 65.6 Å². The number of nitrogens with zero attached hydrogens (tertiary/aromatic N) is 1. The summed E-state index contributed by atoms with van der Waals surface area (Å²) in [5.41, 5.74) is 1.98. The molecule has 0 bridgehead atoms. The van der Waals surface area contributed by atoms with Crippen LogP contribution in [0.4, 0.5) is 11.4 Å². The summed E-state index contributed by atoms with van der Waals surface area (Å²) < 4.78 is 0. The van der Waals surface area contributed by atoms with Crippen LogP contribution < -0.4 is 10.2 Å². The molecule has 1 saturated heterocycles. The van der Waals surface area contributed by atoms with Crippen LogP contribution in [0.5, 0.6) is 0 Å². The van der Waals surface area contributed by atoms with Gasteiger partial charge in [-0.1, -0.05) is 18.2 Å². The highest BCUT2D eigenvalue weighted by Gasteiger charge is 2.40. The van der Waals surface area contributed by atoms with Gasteiger partial charge in [0.1, 0.15) is 0 Å². The molecule has 0 saturated carbocycles. The Hall–Kier alpha value is -3.39. The first-order chi connectivity index (χ1) is 13.8. The van der Waals surface area contributed by atoms with Crippen LogP contribution in [0, 0.1) is 6.92 Å². The highest BCUT2D eigenvalue weighted by molar-refractivity contribution is 8.00.